The van der Waals surface area contributed by atoms with Gasteiger partial charge in [-0.15, -0.1) is 0 Å². The number of ether oxygens (including phenoxy) is 1. The molecule has 0 unspecified atom stereocenters. The molecule has 1 aromatic carbocycles. The van der Waals surface area contributed by atoms with Crippen molar-refractivity contribution in [3.8, 4) is 6.07 Å². The van der Waals surface area contributed by atoms with Crippen molar-refractivity contribution < 1.29 is 29.0 Å². The van der Waals surface area contributed by atoms with Crippen LogP contribution in [0.15, 0.2) is 30.3 Å². The van der Waals surface area contributed by atoms with Gasteiger partial charge in [-0.2, -0.15) is 5.26 Å². The van der Waals surface area contributed by atoms with Crippen molar-refractivity contribution in [3.63, 3.8) is 0 Å². The third-order valence-electron chi connectivity index (χ3n) is 4.54. The molecule has 0 saturated carbocycles. The molecule has 0 radical (unpaired) electrons. The maximum atomic E-state index is 12.6. The Morgan fingerprint density at radius 1 is 1.06 bits per heavy atom. The van der Waals surface area contributed by atoms with Crippen molar-refractivity contribution in [2.45, 2.75) is 70.7 Å². The molecule has 0 spiro atoms. The van der Waals surface area contributed by atoms with Crippen LogP contribution in [0.1, 0.15) is 51.5 Å². The number of unbranched alkanes of at least 4 members (excludes halogenated alkanes) is 1. The molecule has 0 aromatic heterocycles. The van der Waals surface area contributed by atoms with E-state index in [1.807, 2.05) is 31.2 Å². The molecule has 174 valence electrons. The number of hydrogen-bond donors (Lipinski definition) is 4. The number of nitriles is 1. The van der Waals surface area contributed by atoms with Gasteiger partial charge in [-0.25, -0.2) is 4.79 Å². The number of benzene rings is 1. The molecule has 3 atom stereocenters. The van der Waals surface area contributed by atoms with Crippen molar-refractivity contribution in [2.24, 2.45) is 0 Å². The first-order valence-corrected chi connectivity index (χ1v) is 10.5. The average Bonchev–Trinajstić information content (AvgIpc) is 2.78. The maximum Gasteiger partial charge on any atom is 0.408 e. The van der Waals surface area contributed by atoms with Crippen molar-refractivity contribution in [1.82, 2.24) is 16.0 Å². The van der Waals surface area contributed by atoms with Crippen LogP contribution in [0.25, 0.3) is 0 Å². The highest BCUT2D eigenvalue weighted by Crippen LogP contribution is 2.05. The molecular weight excluding hydrogens is 416 g/mol. The van der Waals surface area contributed by atoms with Crippen LogP contribution in [0, 0.1) is 11.3 Å². The molecule has 10 heteroatoms. The quantitative estimate of drug-likeness (QED) is 0.360. The third-order valence-corrected chi connectivity index (χ3v) is 4.54. The van der Waals surface area contributed by atoms with Gasteiger partial charge in [-0.05, 0) is 25.3 Å². The lowest BCUT2D eigenvalue weighted by molar-refractivity contribution is -0.137. The number of rotatable bonds is 13. The van der Waals surface area contributed by atoms with Crippen molar-refractivity contribution in [3.05, 3.63) is 35.9 Å². The van der Waals surface area contributed by atoms with Crippen LogP contribution in [0.5, 0.6) is 0 Å². The Bertz CT molecular complexity index is 808. The summed E-state index contributed by atoms with van der Waals surface area (Å²) in [5, 5.41) is 25.2. The molecule has 0 heterocycles. The molecular formula is C22H30N4O6. The number of carbonyl (C=O) groups excluding carboxylic acids is 3. The summed E-state index contributed by atoms with van der Waals surface area (Å²) in [6.45, 7) is 3.43. The van der Waals surface area contributed by atoms with E-state index in [1.54, 1.807) is 12.1 Å². The predicted molar refractivity (Wildman–Crippen MR) is 115 cm³/mol. The van der Waals surface area contributed by atoms with Crippen LogP contribution >= 0.6 is 0 Å². The first-order chi connectivity index (χ1) is 15.3. The standard InChI is InChI=1S/C22H30N4O6/c1-3-4-10-18(26-22(31)32-14-16-8-6-5-7-9-16)21(30)24-15(2)20(29)25-17(13-23)11-12-19(27)28/h5-9,15,17-18H,3-4,10-12,14H2,1-2H3,(H,24,30)(H,25,29)(H,26,31)(H,27,28)/t15-,17-,18-/m0/s1. The number of nitrogens with one attached hydrogen (secondary N) is 3. The molecule has 0 aliphatic rings. The normalized spacial score (nSPS) is 13.0. The second-order valence-corrected chi connectivity index (χ2v) is 7.25. The van der Waals surface area contributed by atoms with Gasteiger partial charge in [0.25, 0.3) is 0 Å². The van der Waals surface area contributed by atoms with E-state index < -0.39 is 42.0 Å². The Labute approximate surface area is 187 Å². The zero-order chi connectivity index (χ0) is 23.9. The van der Waals surface area contributed by atoms with Gasteiger partial charge < -0.3 is 25.8 Å². The number of carboxylic acid groups (broad SMARTS) is 1. The summed E-state index contributed by atoms with van der Waals surface area (Å²) < 4.78 is 5.16. The fraction of sp³-hybridized carbons (Fsp3) is 0.500. The molecule has 4 N–H and O–H groups in total. The Morgan fingerprint density at radius 2 is 1.75 bits per heavy atom. The first kappa shape index (κ1) is 26.4. The molecule has 1 rings (SSSR count). The van der Waals surface area contributed by atoms with Gasteiger partial charge in [0, 0.05) is 6.42 Å². The van der Waals surface area contributed by atoms with Gasteiger partial charge in [0.2, 0.25) is 11.8 Å². The van der Waals surface area contributed by atoms with E-state index in [9.17, 15) is 19.2 Å². The van der Waals surface area contributed by atoms with Crippen LogP contribution in [0.4, 0.5) is 4.79 Å². The van der Waals surface area contributed by atoms with Gasteiger partial charge in [-0.1, -0.05) is 50.1 Å². The van der Waals surface area contributed by atoms with Gasteiger partial charge >= 0.3 is 12.1 Å². The van der Waals surface area contributed by atoms with E-state index in [0.29, 0.717) is 12.8 Å². The minimum absolute atomic E-state index is 0.0494. The Kier molecular flexibility index (Phi) is 11.9. The van der Waals surface area contributed by atoms with Crippen molar-refractivity contribution in [1.29, 1.82) is 5.26 Å². The molecule has 0 saturated heterocycles. The highest BCUT2D eigenvalue weighted by atomic mass is 16.5. The molecule has 0 fully saturated rings. The highest BCUT2D eigenvalue weighted by Gasteiger charge is 2.25. The molecule has 10 nitrogen and oxygen atoms in total. The monoisotopic (exact) mass is 446 g/mol. The lowest BCUT2D eigenvalue weighted by atomic mass is 10.1. The van der Waals surface area contributed by atoms with E-state index >= 15 is 0 Å². The largest absolute Gasteiger partial charge is 0.481 e. The van der Waals surface area contributed by atoms with Gasteiger partial charge in [0.1, 0.15) is 24.7 Å². The number of amides is 3. The molecule has 0 aliphatic heterocycles. The molecule has 32 heavy (non-hydrogen) atoms. The summed E-state index contributed by atoms with van der Waals surface area (Å²) in [4.78, 5) is 47.7. The summed E-state index contributed by atoms with van der Waals surface area (Å²) in [5.41, 5.74) is 0.803. The van der Waals surface area contributed by atoms with Crippen molar-refractivity contribution >= 4 is 23.9 Å². The number of aliphatic carboxylic acids is 1. The van der Waals surface area contributed by atoms with Crippen LogP contribution in [0.3, 0.4) is 0 Å². The van der Waals surface area contributed by atoms with Gasteiger partial charge in [-0.3, -0.25) is 14.4 Å². The SMILES string of the molecule is CCCC[C@H](NC(=O)OCc1ccccc1)C(=O)N[C@@H](C)C(=O)N[C@H](C#N)CCC(=O)O. The zero-order valence-electron chi connectivity index (χ0n) is 18.3. The fourth-order valence-electron chi connectivity index (χ4n) is 2.70. The summed E-state index contributed by atoms with van der Waals surface area (Å²) >= 11 is 0. The Balaban J connectivity index is 2.61. The number of carboxylic acids is 1. The molecule has 0 bridgehead atoms. The molecule has 1 aromatic rings. The Hall–Kier alpha value is -3.61. The fourth-order valence-corrected chi connectivity index (χ4v) is 2.70. The van der Waals surface area contributed by atoms with Crippen LogP contribution in [-0.2, 0) is 25.7 Å². The lowest BCUT2D eigenvalue weighted by Gasteiger charge is -2.21. The van der Waals surface area contributed by atoms with Gasteiger partial charge in [0.15, 0.2) is 0 Å². The highest BCUT2D eigenvalue weighted by molar-refractivity contribution is 5.91. The third kappa shape index (κ3) is 10.4. The van der Waals surface area contributed by atoms with Gasteiger partial charge in [0.05, 0.1) is 6.07 Å². The molecule has 0 aliphatic carbocycles. The van der Waals surface area contributed by atoms with E-state index in [2.05, 4.69) is 16.0 Å². The topological polar surface area (TPSA) is 158 Å². The van der Waals surface area contributed by atoms with E-state index in [1.165, 1.54) is 6.92 Å². The van der Waals surface area contributed by atoms with E-state index in [4.69, 9.17) is 15.1 Å². The summed E-state index contributed by atoms with van der Waals surface area (Å²) in [7, 11) is 0. The predicted octanol–water partition coefficient (Wildman–Crippen LogP) is 1.85. The first-order valence-electron chi connectivity index (χ1n) is 10.5. The maximum absolute atomic E-state index is 12.6. The minimum atomic E-state index is -1.08. The van der Waals surface area contributed by atoms with Crippen molar-refractivity contribution in [2.75, 3.05) is 0 Å². The lowest BCUT2D eigenvalue weighted by Crippen LogP contribution is -2.53. The summed E-state index contributed by atoms with van der Waals surface area (Å²) in [6.07, 6.45) is 0.758. The van der Waals surface area contributed by atoms with Crippen LogP contribution in [-0.4, -0.2) is 47.1 Å². The minimum Gasteiger partial charge on any atom is -0.481 e. The van der Waals surface area contributed by atoms with Crippen LogP contribution < -0.4 is 16.0 Å². The van der Waals surface area contributed by atoms with E-state index in [-0.39, 0.29) is 19.4 Å². The second-order valence-electron chi connectivity index (χ2n) is 7.25. The summed E-state index contributed by atoms with van der Waals surface area (Å²) in [5.74, 6) is -2.27. The number of carbonyl (C=O) groups is 4. The van der Waals surface area contributed by atoms with E-state index in [0.717, 1.165) is 12.0 Å². The zero-order valence-corrected chi connectivity index (χ0v) is 18.3. The summed E-state index contributed by atoms with van der Waals surface area (Å²) in [6, 6.07) is 8.04. The Morgan fingerprint density at radius 3 is 2.34 bits per heavy atom. The van der Waals surface area contributed by atoms with Crippen LogP contribution in [0.2, 0.25) is 0 Å². The average molecular weight is 447 g/mol. The smallest absolute Gasteiger partial charge is 0.408 e. The second kappa shape index (κ2) is 14.4. The number of alkyl carbamates (subject to hydrolysis) is 1. The number of nitrogens with zero attached hydrogens (tertiary/aromatic N) is 1. The molecule has 3 amide bonds. The number of hydrogen-bond acceptors (Lipinski definition) is 6.